The highest BCUT2D eigenvalue weighted by atomic mass is 127. The van der Waals surface area contributed by atoms with Crippen molar-refractivity contribution in [3.63, 3.8) is 0 Å². The fraction of sp³-hybridized carbons (Fsp3) is 0.438. The van der Waals surface area contributed by atoms with Gasteiger partial charge in [-0.25, -0.2) is 4.99 Å². The Kier molecular flexibility index (Phi) is 10.2. The monoisotopic (exact) mass is 432 g/mol. The van der Waals surface area contributed by atoms with Crippen LogP contribution in [0, 0.1) is 16.0 Å². The van der Waals surface area contributed by atoms with Crippen LogP contribution in [0.25, 0.3) is 0 Å². The maximum atomic E-state index is 10.6. The van der Waals surface area contributed by atoms with Crippen molar-refractivity contribution in [3.05, 3.63) is 52.6 Å². The normalized spacial score (nSPS) is 12.3. The van der Waals surface area contributed by atoms with Gasteiger partial charge in [0.15, 0.2) is 5.96 Å². The average molecular weight is 432 g/mol. The predicted molar refractivity (Wildman–Crippen MR) is 105 cm³/mol. The zero-order chi connectivity index (χ0) is 16.5. The Morgan fingerprint density at radius 2 is 1.96 bits per heavy atom. The van der Waals surface area contributed by atoms with Crippen LogP contribution in [0.4, 0.5) is 5.69 Å². The second-order valence-corrected chi connectivity index (χ2v) is 5.43. The molecule has 0 aliphatic carbocycles. The van der Waals surface area contributed by atoms with Crippen LogP contribution in [-0.4, -0.2) is 23.5 Å². The minimum absolute atomic E-state index is 0. The number of guanidine groups is 1. The summed E-state index contributed by atoms with van der Waals surface area (Å²) in [7, 11) is 0. The van der Waals surface area contributed by atoms with Crippen LogP contribution in [0.2, 0.25) is 0 Å². The lowest BCUT2D eigenvalue weighted by Gasteiger charge is -2.20. The zero-order valence-corrected chi connectivity index (χ0v) is 16.1. The van der Waals surface area contributed by atoms with Gasteiger partial charge in [-0.3, -0.25) is 10.1 Å². The molecule has 128 valence electrons. The molecule has 0 aromatic heterocycles. The molecule has 0 aliphatic heterocycles. The third-order valence-electron chi connectivity index (χ3n) is 3.35. The number of benzene rings is 1. The molecule has 0 heterocycles. The van der Waals surface area contributed by atoms with Gasteiger partial charge >= 0.3 is 0 Å². The van der Waals surface area contributed by atoms with Crippen molar-refractivity contribution < 1.29 is 4.92 Å². The first-order valence-electron chi connectivity index (χ1n) is 7.33. The largest absolute Gasteiger partial charge is 0.354 e. The maximum absolute atomic E-state index is 10.6. The van der Waals surface area contributed by atoms with Crippen molar-refractivity contribution >= 4 is 35.6 Å². The van der Waals surface area contributed by atoms with Crippen molar-refractivity contribution in [2.24, 2.45) is 10.9 Å². The van der Waals surface area contributed by atoms with Gasteiger partial charge in [-0.1, -0.05) is 32.1 Å². The van der Waals surface area contributed by atoms with E-state index in [4.69, 9.17) is 0 Å². The van der Waals surface area contributed by atoms with Gasteiger partial charge in [-0.2, -0.15) is 0 Å². The van der Waals surface area contributed by atoms with Crippen molar-refractivity contribution in [1.82, 2.24) is 10.6 Å². The van der Waals surface area contributed by atoms with Crippen molar-refractivity contribution in [1.29, 1.82) is 0 Å². The van der Waals surface area contributed by atoms with E-state index >= 15 is 0 Å². The Balaban J connectivity index is 0.00000484. The summed E-state index contributed by atoms with van der Waals surface area (Å²) in [6, 6.07) is 6.71. The van der Waals surface area contributed by atoms with Crippen molar-refractivity contribution in [3.8, 4) is 0 Å². The molecule has 1 rings (SSSR count). The first kappa shape index (κ1) is 21.4. The fourth-order valence-corrected chi connectivity index (χ4v) is 1.60. The van der Waals surface area contributed by atoms with Crippen LogP contribution in [-0.2, 0) is 6.54 Å². The van der Waals surface area contributed by atoms with E-state index in [1.807, 2.05) is 0 Å². The quantitative estimate of drug-likeness (QED) is 0.173. The Hall–Kier alpha value is -1.64. The van der Waals surface area contributed by atoms with Crippen LogP contribution in [0.1, 0.15) is 26.3 Å². The summed E-state index contributed by atoms with van der Waals surface area (Å²) in [5.74, 6) is 1.19. The summed E-state index contributed by atoms with van der Waals surface area (Å²) in [5, 5.41) is 17.1. The average Bonchev–Trinajstić information content (AvgIpc) is 2.50. The van der Waals surface area contributed by atoms with Gasteiger partial charge in [0.2, 0.25) is 0 Å². The highest BCUT2D eigenvalue weighted by Crippen LogP contribution is 2.12. The molecule has 0 saturated carbocycles. The number of hydrogen-bond donors (Lipinski definition) is 2. The number of aliphatic imine (C=N–C) groups is 1. The van der Waals surface area contributed by atoms with Gasteiger partial charge in [0.05, 0.1) is 11.5 Å². The zero-order valence-electron chi connectivity index (χ0n) is 13.8. The standard InChI is InChI=1S/C16H24N4O2.HI/c1-5-10-17-16(19-13(4)12(2)3)18-11-14-6-8-15(9-7-14)20(21)22;/h5-9,12-13H,1,10-11H2,2-4H3,(H2,17,18,19);1H. The van der Waals surface area contributed by atoms with Crippen LogP contribution < -0.4 is 10.6 Å². The second-order valence-electron chi connectivity index (χ2n) is 5.43. The molecule has 2 N–H and O–H groups in total. The molecule has 7 heteroatoms. The van der Waals surface area contributed by atoms with Gasteiger partial charge in [0.25, 0.3) is 5.69 Å². The van der Waals surface area contributed by atoms with E-state index in [2.05, 4.69) is 43.0 Å². The molecular weight excluding hydrogens is 407 g/mol. The predicted octanol–water partition coefficient (Wildman–Crippen LogP) is 3.48. The molecule has 6 nitrogen and oxygen atoms in total. The van der Waals surface area contributed by atoms with E-state index in [-0.39, 0.29) is 35.7 Å². The second kappa shape index (κ2) is 11.0. The minimum atomic E-state index is -0.407. The molecule has 1 aromatic rings. The van der Waals surface area contributed by atoms with Gasteiger partial charge in [0, 0.05) is 24.7 Å². The highest BCUT2D eigenvalue weighted by molar-refractivity contribution is 14.0. The van der Waals surface area contributed by atoms with E-state index in [9.17, 15) is 10.1 Å². The van der Waals surface area contributed by atoms with Crippen LogP contribution in [0.15, 0.2) is 41.9 Å². The molecule has 0 amide bonds. The Labute approximate surface area is 154 Å². The SMILES string of the molecule is C=CCNC(=NCc1ccc([N+](=O)[O-])cc1)NC(C)C(C)C.I. The van der Waals surface area contributed by atoms with Gasteiger partial charge in [0.1, 0.15) is 0 Å². The Morgan fingerprint density at radius 3 is 2.43 bits per heavy atom. The number of nitro benzene ring substituents is 1. The van der Waals surface area contributed by atoms with Crippen LogP contribution in [0.5, 0.6) is 0 Å². The molecular formula is C16H25IN4O2. The van der Waals surface area contributed by atoms with E-state index in [1.54, 1.807) is 18.2 Å². The molecule has 0 fully saturated rings. The number of nitro groups is 1. The molecule has 0 saturated heterocycles. The number of non-ortho nitro benzene ring substituents is 1. The van der Waals surface area contributed by atoms with Crippen molar-refractivity contribution in [2.75, 3.05) is 6.54 Å². The highest BCUT2D eigenvalue weighted by Gasteiger charge is 2.09. The summed E-state index contributed by atoms with van der Waals surface area (Å²) in [5.41, 5.74) is 1.01. The molecule has 0 spiro atoms. The Bertz CT molecular complexity index is 529. The number of nitrogens with zero attached hydrogens (tertiary/aromatic N) is 2. The molecule has 1 aromatic carbocycles. The molecule has 23 heavy (non-hydrogen) atoms. The third kappa shape index (κ3) is 7.96. The van der Waals surface area contributed by atoms with Crippen LogP contribution >= 0.6 is 24.0 Å². The lowest BCUT2D eigenvalue weighted by Crippen LogP contribution is -2.44. The first-order chi connectivity index (χ1) is 10.4. The Morgan fingerprint density at radius 1 is 1.35 bits per heavy atom. The number of hydrogen-bond acceptors (Lipinski definition) is 3. The number of nitrogens with one attached hydrogen (secondary N) is 2. The van der Waals surface area contributed by atoms with E-state index in [0.717, 1.165) is 5.56 Å². The summed E-state index contributed by atoms with van der Waals surface area (Å²) in [6.45, 7) is 11.1. The minimum Gasteiger partial charge on any atom is -0.354 e. The van der Waals surface area contributed by atoms with E-state index in [1.165, 1.54) is 12.1 Å². The van der Waals surface area contributed by atoms with Gasteiger partial charge < -0.3 is 10.6 Å². The summed E-state index contributed by atoms with van der Waals surface area (Å²) >= 11 is 0. The van der Waals surface area contributed by atoms with E-state index in [0.29, 0.717) is 25.0 Å². The molecule has 1 atom stereocenters. The molecule has 0 radical (unpaired) electrons. The van der Waals surface area contributed by atoms with Crippen molar-refractivity contribution in [2.45, 2.75) is 33.4 Å². The number of halogens is 1. The molecule has 0 bridgehead atoms. The van der Waals surface area contributed by atoms with Gasteiger partial charge in [-0.15, -0.1) is 30.6 Å². The van der Waals surface area contributed by atoms with Gasteiger partial charge in [-0.05, 0) is 18.4 Å². The summed E-state index contributed by atoms with van der Waals surface area (Å²) in [6.07, 6.45) is 1.77. The third-order valence-corrected chi connectivity index (χ3v) is 3.35. The fourth-order valence-electron chi connectivity index (χ4n) is 1.60. The first-order valence-corrected chi connectivity index (χ1v) is 7.33. The topological polar surface area (TPSA) is 79.6 Å². The molecule has 0 aliphatic rings. The smallest absolute Gasteiger partial charge is 0.269 e. The molecule has 1 unspecified atom stereocenters. The lowest BCUT2D eigenvalue weighted by atomic mass is 10.1. The summed E-state index contributed by atoms with van der Waals surface area (Å²) < 4.78 is 0. The van der Waals surface area contributed by atoms with E-state index < -0.39 is 4.92 Å². The maximum Gasteiger partial charge on any atom is 0.269 e. The number of rotatable bonds is 7. The van der Waals surface area contributed by atoms with Crippen LogP contribution in [0.3, 0.4) is 0 Å². The lowest BCUT2D eigenvalue weighted by molar-refractivity contribution is -0.384. The summed E-state index contributed by atoms with van der Waals surface area (Å²) in [4.78, 5) is 14.7.